The number of nitro benzene ring substituents is 1. The summed E-state index contributed by atoms with van der Waals surface area (Å²) in [5.41, 5.74) is 1.04. The van der Waals surface area contributed by atoms with Gasteiger partial charge in [-0.2, -0.15) is 5.26 Å². The number of non-ortho nitro benzene ring substituents is 1. The average molecular weight is 275 g/mol. The molecule has 1 rings (SSSR count). The molecule has 0 heterocycles. The topological polar surface area (TPSA) is 79.0 Å². The van der Waals surface area contributed by atoms with Crippen molar-refractivity contribution in [1.29, 1.82) is 5.26 Å². The smallest absolute Gasteiger partial charge is 0.269 e. The monoisotopic (exact) mass is 275 g/mol. The number of nitrogens with zero attached hydrogens (tertiary/aromatic N) is 2. The van der Waals surface area contributed by atoms with E-state index in [0.717, 1.165) is 18.5 Å². The predicted molar refractivity (Wildman–Crippen MR) is 78.1 cm³/mol. The van der Waals surface area contributed by atoms with Crippen molar-refractivity contribution in [2.75, 3.05) is 6.54 Å². The quantitative estimate of drug-likeness (QED) is 0.609. The number of nitro groups is 1. The summed E-state index contributed by atoms with van der Waals surface area (Å²) in [5.74, 6) is 0. The van der Waals surface area contributed by atoms with Crippen molar-refractivity contribution >= 4 is 5.69 Å². The first-order valence-corrected chi connectivity index (χ1v) is 6.70. The van der Waals surface area contributed by atoms with Crippen molar-refractivity contribution in [2.45, 2.75) is 39.7 Å². The van der Waals surface area contributed by atoms with Crippen LogP contribution < -0.4 is 5.32 Å². The lowest BCUT2D eigenvalue weighted by atomic mass is 9.87. The Morgan fingerprint density at radius 3 is 2.80 bits per heavy atom. The molecule has 0 aliphatic rings. The van der Waals surface area contributed by atoms with E-state index >= 15 is 0 Å². The normalized spacial score (nSPS) is 12.7. The van der Waals surface area contributed by atoms with Gasteiger partial charge in [0.1, 0.15) is 0 Å². The van der Waals surface area contributed by atoms with E-state index in [1.54, 1.807) is 12.1 Å². The Kier molecular flexibility index (Phi) is 5.66. The van der Waals surface area contributed by atoms with E-state index < -0.39 is 0 Å². The second-order valence-corrected chi connectivity index (χ2v) is 5.78. The molecular formula is C15H21N3O2. The van der Waals surface area contributed by atoms with Gasteiger partial charge in [-0.1, -0.05) is 26.0 Å². The summed E-state index contributed by atoms with van der Waals surface area (Å²) >= 11 is 0. The zero-order valence-corrected chi connectivity index (χ0v) is 12.2. The van der Waals surface area contributed by atoms with Gasteiger partial charge in [0.15, 0.2) is 0 Å². The molecule has 0 bridgehead atoms. The highest BCUT2D eigenvalue weighted by atomic mass is 16.6. The van der Waals surface area contributed by atoms with E-state index in [0.29, 0.717) is 6.42 Å². The van der Waals surface area contributed by atoms with Gasteiger partial charge in [0.2, 0.25) is 0 Å². The molecule has 0 radical (unpaired) electrons. The summed E-state index contributed by atoms with van der Waals surface area (Å²) in [6, 6.07) is 8.87. The van der Waals surface area contributed by atoms with Gasteiger partial charge in [-0.3, -0.25) is 10.1 Å². The lowest BCUT2D eigenvalue weighted by Gasteiger charge is -2.26. The Labute approximate surface area is 119 Å². The lowest BCUT2D eigenvalue weighted by molar-refractivity contribution is -0.384. The van der Waals surface area contributed by atoms with E-state index in [4.69, 9.17) is 5.26 Å². The molecule has 0 saturated heterocycles. The number of rotatable bonds is 7. The Bertz CT molecular complexity index is 506. The molecule has 0 saturated carbocycles. The molecule has 0 aliphatic heterocycles. The minimum atomic E-state index is -0.382. The summed E-state index contributed by atoms with van der Waals surface area (Å²) < 4.78 is 0. The van der Waals surface area contributed by atoms with Crippen LogP contribution in [0, 0.1) is 26.9 Å². The van der Waals surface area contributed by atoms with Crippen LogP contribution in [0.2, 0.25) is 0 Å². The molecule has 5 nitrogen and oxygen atoms in total. The maximum absolute atomic E-state index is 10.8. The molecule has 0 fully saturated rings. The van der Waals surface area contributed by atoms with Gasteiger partial charge >= 0.3 is 0 Å². The maximum atomic E-state index is 10.8. The fourth-order valence-corrected chi connectivity index (χ4v) is 1.94. The van der Waals surface area contributed by atoms with E-state index in [9.17, 15) is 10.1 Å². The Hall–Kier alpha value is -1.93. The second kappa shape index (κ2) is 7.01. The predicted octanol–water partition coefficient (Wildman–Crippen LogP) is 3.58. The SMILES string of the molecule is CC(NCC(C)(C)CCC#N)c1cccc([N+](=O)[O-])c1. The molecule has 0 aromatic heterocycles. The fourth-order valence-electron chi connectivity index (χ4n) is 1.94. The van der Waals surface area contributed by atoms with Crippen molar-refractivity contribution in [3.8, 4) is 6.07 Å². The fraction of sp³-hybridized carbons (Fsp3) is 0.533. The van der Waals surface area contributed by atoms with Crippen LogP contribution in [-0.2, 0) is 0 Å². The third-order valence-corrected chi connectivity index (χ3v) is 3.38. The average Bonchev–Trinajstić information content (AvgIpc) is 2.43. The summed E-state index contributed by atoms with van der Waals surface area (Å²) in [6.45, 7) is 6.97. The summed E-state index contributed by atoms with van der Waals surface area (Å²) in [5, 5.41) is 22.8. The number of nitrogens with one attached hydrogen (secondary N) is 1. The van der Waals surface area contributed by atoms with Gasteiger partial charge in [-0.15, -0.1) is 0 Å². The zero-order valence-electron chi connectivity index (χ0n) is 12.2. The highest BCUT2D eigenvalue weighted by Gasteiger charge is 2.19. The molecule has 0 spiro atoms. The standard InChI is InChI=1S/C15H21N3O2/c1-12(17-11-15(2,3)8-5-9-16)13-6-4-7-14(10-13)18(19)20/h4,6-7,10,12,17H,5,8,11H2,1-3H3. The van der Waals surface area contributed by atoms with Crippen LogP contribution in [0.3, 0.4) is 0 Å². The molecule has 0 aliphatic carbocycles. The van der Waals surface area contributed by atoms with E-state index in [2.05, 4.69) is 25.2 Å². The van der Waals surface area contributed by atoms with Crippen molar-refractivity contribution in [2.24, 2.45) is 5.41 Å². The van der Waals surface area contributed by atoms with E-state index in [-0.39, 0.29) is 22.1 Å². The van der Waals surface area contributed by atoms with Crippen LogP contribution in [0.1, 0.15) is 45.2 Å². The molecule has 1 N–H and O–H groups in total. The van der Waals surface area contributed by atoms with Crippen LogP contribution >= 0.6 is 0 Å². The molecule has 1 aromatic carbocycles. The van der Waals surface area contributed by atoms with Crippen molar-refractivity contribution in [3.63, 3.8) is 0 Å². The van der Waals surface area contributed by atoms with Crippen LogP contribution in [0.4, 0.5) is 5.69 Å². The van der Waals surface area contributed by atoms with Crippen LogP contribution in [0.5, 0.6) is 0 Å². The van der Waals surface area contributed by atoms with Gasteiger partial charge in [0.05, 0.1) is 11.0 Å². The molecule has 0 amide bonds. The highest BCUT2D eigenvalue weighted by Crippen LogP contribution is 2.24. The van der Waals surface area contributed by atoms with Crippen molar-refractivity contribution < 1.29 is 4.92 Å². The van der Waals surface area contributed by atoms with Crippen LogP contribution in [0.25, 0.3) is 0 Å². The first-order chi connectivity index (χ1) is 9.35. The number of hydrogen-bond donors (Lipinski definition) is 1. The lowest BCUT2D eigenvalue weighted by Crippen LogP contribution is -2.31. The molecule has 1 aromatic rings. The van der Waals surface area contributed by atoms with Gasteiger partial charge in [-0.25, -0.2) is 0 Å². The van der Waals surface area contributed by atoms with E-state index in [1.165, 1.54) is 6.07 Å². The third kappa shape index (κ3) is 4.98. The number of hydrogen-bond acceptors (Lipinski definition) is 4. The number of benzene rings is 1. The largest absolute Gasteiger partial charge is 0.310 e. The van der Waals surface area contributed by atoms with E-state index in [1.807, 2.05) is 13.0 Å². The number of nitriles is 1. The van der Waals surface area contributed by atoms with Crippen molar-refractivity contribution in [3.05, 3.63) is 39.9 Å². The highest BCUT2D eigenvalue weighted by molar-refractivity contribution is 5.35. The van der Waals surface area contributed by atoms with Crippen LogP contribution in [-0.4, -0.2) is 11.5 Å². The Morgan fingerprint density at radius 2 is 2.20 bits per heavy atom. The molecule has 5 heteroatoms. The van der Waals surface area contributed by atoms with Crippen LogP contribution in [0.15, 0.2) is 24.3 Å². The van der Waals surface area contributed by atoms with Crippen molar-refractivity contribution in [1.82, 2.24) is 5.32 Å². The molecular weight excluding hydrogens is 254 g/mol. The summed E-state index contributed by atoms with van der Waals surface area (Å²) in [4.78, 5) is 10.4. The maximum Gasteiger partial charge on any atom is 0.269 e. The first-order valence-electron chi connectivity index (χ1n) is 6.70. The summed E-state index contributed by atoms with van der Waals surface area (Å²) in [6.07, 6.45) is 1.37. The van der Waals surface area contributed by atoms with Gasteiger partial charge < -0.3 is 5.32 Å². The van der Waals surface area contributed by atoms with Gasteiger partial charge in [0.25, 0.3) is 5.69 Å². The Morgan fingerprint density at radius 1 is 1.50 bits per heavy atom. The zero-order chi connectivity index (χ0) is 15.2. The first kappa shape index (κ1) is 16.1. The molecule has 1 atom stereocenters. The summed E-state index contributed by atoms with van der Waals surface area (Å²) in [7, 11) is 0. The van der Waals surface area contributed by atoms with Gasteiger partial charge in [-0.05, 0) is 24.3 Å². The molecule has 108 valence electrons. The third-order valence-electron chi connectivity index (χ3n) is 3.38. The van der Waals surface area contributed by atoms with Gasteiger partial charge in [0, 0.05) is 31.1 Å². The minimum Gasteiger partial charge on any atom is -0.310 e. The second-order valence-electron chi connectivity index (χ2n) is 5.78. The molecule has 1 unspecified atom stereocenters. The Balaban J connectivity index is 2.63. The minimum absolute atomic E-state index is 0.0324. The molecule has 20 heavy (non-hydrogen) atoms.